The fourth-order valence-corrected chi connectivity index (χ4v) is 1.46. The van der Waals surface area contributed by atoms with Gasteiger partial charge < -0.3 is 17.2 Å². The summed E-state index contributed by atoms with van der Waals surface area (Å²) in [4.78, 5) is 12.0. The second-order valence-electron chi connectivity index (χ2n) is 3.36. The van der Waals surface area contributed by atoms with E-state index in [1.54, 1.807) is 12.3 Å². The summed E-state index contributed by atoms with van der Waals surface area (Å²) >= 11 is 0. The number of rotatable bonds is 1. The fourth-order valence-electron chi connectivity index (χ4n) is 1.46. The number of pyridine rings is 1. The van der Waals surface area contributed by atoms with E-state index >= 15 is 0 Å². The lowest BCUT2D eigenvalue weighted by atomic mass is 10.2. The van der Waals surface area contributed by atoms with Gasteiger partial charge in [0.05, 0.1) is 11.2 Å². The van der Waals surface area contributed by atoms with Gasteiger partial charge in [0.2, 0.25) is 5.96 Å². The lowest BCUT2D eigenvalue weighted by molar-refractivity contribution is 1.36. The van der Waals surface area contributed by atoms with Crippen molar-refractivity contribution in [3.05, 3.63) is 36.5 Å². The molecule has 0 aliphatic carbocycles. The highest BCUT2D eigenvalue weighted by molar-refractivity contribution is 5.96. The van der Waals surface area contributed by atoms with Crippen LogP contribution in [0.2, 0.25) is 0 Å². The van der Waals surface area contributed by atoms with Crippen molar-refractivity contribution < 1.29 is 0 Å². The van der Waals surface area contributed by atoms with Crippen LogP contribution in [0.4, 0.5) is 5.69 Å². The number of hydrogen-bond donors (Lipinski definition) is 3. The van der Waals surface area contributed by atoms with Crippen molar-refractivity contribution in [2.45, 2.75) is 0 Å². The maximum atomic E-state index is 5.57. The summed E-state index contributed by atoms with van der Waals surface area (Å²) in [5.41, 5.74) is 17.4. The molecule has 0 saturated carbocycles. The Morgan fingerprint density at radius 2 is 1.82 bits per heavy atom. The summed E-state index contributed by atoms with van der Waals surface area (Å²) in [6.07, 6.45) is 1.69. The molecule has 6 heteroatoms. The predicted octanol–water partition coefficient (Wildman–Crippen LogP) is 0.454. The minimum Gasteiger partial charge on any atom is -0.370 e. The molecular formula is C11H12N6. The van der Waals surface area contributed by atoms with E-state index in [4.69, 9.17) is 17.2 Å². The first-order chi connectivity index (χ1) is 8.16. The van der Waals surface area contributed by atoms with Crippen LogP contribution in [-0.2, 0) is 0 Å². The number of fused-ring (bicyclic) bond motifs is 1. The number of hydrogen-bond acceptors (Lipinski definition) is 2. The van der Waals surface area contributed by atoms with Crippen LogP contribution >= 0.6 is 0 Å². The van der Waals surface area contributed by atoms with Crippen molar-refractivity contribution in [3.63, 3.8) is 0 Å². The molecule has 2 rings (SSSR count). The lowest BCUT2D eigenvalue weighted by Gasteiger charge is -2.00. The van der Waals surface area contributed by atoms with E-state index in [0.717, 1.165) is 10.9 Å². The number of nitrogens with zero attached hydrogens (tertiary/aromatic N) is 3. The van der Waals surface area contributed by atoms with E-state index in [9.17, 15) is 0 Å². The van der Waals surface area contributed by atoms with Gasteiger partial charge in [-0.3, -0.25) is 4.98 Å². The number of aromatic nitrogens is 1. The van der Waals surface area contributed by atoms with Crippen LogP contribution < -0.4 is 17.2 Å². The van der Waals surface area contributed by atoms with Crippen molar-refractivity contribution >= 4 is 28.5 Å². The number of nitrogens with two attached hydrogens (primary N) is 3. The van der Waals surface area contributed by atoms with E-state index in [1.165, 1.54) is 0 Å². The number of aliphatic imine (C=N–C) groups is 2. The van der Waals surface area contributed by atoms with E-state index in [1.807, 2.05) is 24.3 Å². The SMILES string of the molecule is NC(N)=NC(N)=Nc1cccc2cccnc12. The maximum Gasteiger partial charge on any atom is 0.223 e. The topological polar surface area (TPSA) is 116 Å². The molecular weight excluding hydrogens is 216 g/mol. The van der Waals surface area contributed by atoms with Crippen molar-refractivity contribution in [2.24, 2.45) is 27.2 Å². The number of para-hydroxylation sites is 1. The Morgan fingerprint density at radius 3 is 2.59 bits per heavy atom. The van der Waals surface area contributed by atoms with Gasteiger partial charge in [-0.15, -0.1) is 0 Å². The van der Waals surface area contributed by atoms with Crippen LogP contribution in [0, 0.1) is 0 Å². The molecule has 1 aromatic carbocycles. The summed E-state index contributed by atoms with van der Waals surface area (Å²) in [5.74, 6) is -0.123. The summed E-state index contributed by atoms with van der Waals surface area (Å²) in [6, 6.07) is 9.40. The van der Waals surface area contributed by atoms with Gasteiger partial charge in [-0.2, -0.15) is 4.99 Å². The molecule has 0 saturated heterocycles. The molecule has 86 valence electrons. The smallest absolute Gasteiger partial charge is 0.223 e. The van der Waals surface area contributed by atoms with Crippen LogP contribution in [0.15, 0.2) is 46.5 Å². The quantitative estimate of drug-likeness (QED) is 0.485. The molecule has 0 aliphatic rings. The first-order valence-electron chi connectivity index (χ1n) is 4.94. The first-order valence-corrected chi connectivity index (χ1v) is 4.94. The van der Waals surface area contributed by atoms with Crippen LogP contribution in [0.3, 0.4) is 0 Å². The highest BCUT2D eigenvalue weighted by Crippen LogP contribution is 2.23. The Hall–Kier alpha value is -2.63. The third-order valence-electron chi connectivity index (χ3n) is 2.09. The maximum absolute atomic E-state index is 5.57. The standard InChI is InChI=1S/C11H12N6/c12-10(13)17-11(14)16-8-5-1-3-7-4-2-6-15-9(7)8/h1-6H,(H6,12,13,14,16,17). The summed E-state index contributed by atoms with van der Waals surface area (Å²) in [5, 5.41) is 0.978. The molecule has 0 fully saturated rings. The Kier molecular flexibility index (Phi) is 2.87. The zero-order valence-electron chi connectivity index (χ0n) is 9.04. The molecule has 0 amide bonds. The van der Waals surface area contributed by atoms with Gasteiger partial charge in [0.15, 0.2) is 5.96 Å². The molecule has 6 N–H and O–H groups in total. The minimum absolute atomic E-state index is 0.00292. The molecule has 0 aliphatic heterocycles. The molecule has 0 radical (unpaired) electrons. The zero-order valence-corrected chi connectivity index (χ0v) is 9.04. The van der Waals surface area contributed by atoms with Gasteiger partial charge in [0.1, 0.15) is 0 Å². The molecule has 2 aromatic rings. The van der Waals surface area contributed by atoms with Crippen LogP contribution in [-0.4, -0.2) is 16.9 Å². The van der Waals surface area contributed by atoms with Crippen molar-refractivity contribution in [3.8, 4) is 0 Å². The largest absolute Gasteiger partial charge is 0.370 e. The zero-order chi connectivity index (χ0) is 12.3. The van der Waals surface area contributed by atoms with Gasteiger partial charge in [-0.1, -0.05) is 18.2 Å². The fraction of sp³-hybridized carbons (Fsp3) is 0. The van der Waals surface area contributed by atoms with Gasteiger partial charge >= 0.3 is 0 Å². The average molecular weight is 228 g/mol. The highest BCUT2D eigenvalue weighted by Gasteiger charge is 2.00. The third kappa shape index (κ3) is 2.49. The molecule has 0 spiro atoms. The van der Waals surface area contributed by atoms with Gasteiger partial charge in [-0.25, -0.2) is 4.99 Å². The lowest BCUT2D eigenvalue weighted by Crippen LogP contribution is -2.26. The third-order valence-corrected chi connectivity index (χ3v) is 2.09. The second kappa shape index (κ2) is 4.48. The van der Waals surface area contributed by atoms with Crippen molar-refractivity contribution in [1.82, 2.24) is 4.98 Å². The molecule has 1 heterocycles. The molecule has 0 bridgehead atoms. The monoisotopic (exact) mass is 228 g/mol. The second-order valence-corrected chi connectivity index (χ2v) is 3.36. The Labute approximate surface area is 97.9 Å². The first kappa shape index (κ1) is 10.9. The van der Waals surface area contributed by atoms with Crippen LogP contribution in [0.1, 0.15) is 0 Å². The van der Waals surface area contributed by atoms with Crippen LogP contribution in [0.5, 0.6) is 0 Å². The molecule has 0 unspecified atom stereocenters. The normalized spacial score (nSPS) is 11.4. The summed E-state index contributed by atoms with van der Waals surface area (Å²) in [6.45, 7) is 0. The van der Waals surface area contributed by atoms with E-state index in [2.05, 4.69) is 15.0 Å². The van der Waals surface area contributed by atoms with Crippen molar-refractivity contribution in [2.75, 3.05) is 0 Å². The number of guanidine groups is 2. The highest BCUT2D eigenvalue weighted by atomic mass is 15.1. The van der Waals surface area contributed by atoms with Gasteiger partial charge in [0, 0.05) is 11.6 Å². The van der Waals surface area contributed by atoms with Crippen molar-refractivity contribution in [1.29, 1.82) is 0 Å². The predicted molar refractivity (Wildman–Crippen MR) is 68.8 cm³/mol. The Bertz CT molecular complexity index is 592. The molecule has 0 atom stereocenters. The van der Waals surface area contributed by atoms with Gasteiger partial charge in [0.25, 0.3) is 0 Å². The summed E-state index contributed by atoms with van der Waals surface area (Å²) in [7, 11) is 0. The molecule has 6 nitrogen and oxygen atoms in total. The number of benzene rings is 1. The molecule has 17 heavy (non-hydrogen) atoms. The van der Waals surface area contributed by atoms with E-state index in [0.29, 0.717) is 5.69 Å². The Balaban J connectivity index is 2.53. The van der Waals surface area contributed by atoms with E-state index < -0.39 is 0 Å². The van der Waals surface area contributed by atoms with Gasteiger partial charge in [-0.05, 0) is 12.1 Å². The van der Waals surface area contributed by atoms with Crippen LogP contribution in [0.25, 0.3) is 10.9 Å². The minimum atomic E-state index is -0.126. The average Bonchev–Trinajstić information content (AvgIpc) is 2.28. The molecule has 1 aromatic heterocycles. The van der Waals surface area contributed by atoms with E-state index in [-0.39, 0.29) is 11.9 Å². The summed E-state index contributed by atoms with van der Waals surface area (Å²) < 4.78 is 0. The Morgan fingerprint density at radius 1 is 1.06 bits per heavy atom.